The van der Waals surface area contributed by atoms with Crippen LogP contribution in [0.25, 0.3) is 0 Å². The Balaban J connectivity index is 1.79. The van der Waals surface area contributed by atoms with Crippen molar-refractivity contribution in [3.05, 3.63) is 107 Å². The molecule has 0 amide bonds. The number of hydrogen-bond acceptors (Lipinski definition) is 1. The van der Waals surface area contributed by atoms with Crippen molar-refractivity contribution in [1.82, 2.24) is 0 Å². The van der Waals surface area contributed by atoms with Crippen LogP contribution in [-0.4, -0.2) is 5.33 Å². The fraction of sp³-hybridized carbons (Fsp3) is 0.167. The van der Waals surface area contributed by atoms with E-state index in [0.29, 0.717) is 39.4 Å². The van der Waals surface area contributed by atoms with Crippen LogP contribution >= 0.6 is 27.5 Å². The minimum atomic E-state index is -0.775. The number of hydrogen-bond donors (Lipinski definition) is 0. The van der Waals surface area contributed by atoms with Crippen molar-refractivity contribution >= 4 is 27.5 Å². The molecule has 3 aromatic carbocycles. The van der Waals surface area contributed by atoms with Crippen molar-refractivity contribution < 1.29 is 13.5 Å². The van der Waals surface area contributed by atoms with E-state index in [-0.39, 0.29) is 6.42 Å². The first-order valence-corrected chi connectivity index (χ1v) is 10.7. The maximum absolute atomic E-state index is 15.0. The highest BCUT2D eigenvalue weighted by Gasteiger charge is 2.21. The quantitative estimate of drug-likeness (QED) is 0.296. The van der Waals surface area contributed by atoms with Crippen molar-refractivity contribution in [3.8, 4) is 11.5 Å². The average molecular weight is 478 g/mol. The van der Waals surface area contributed by atoms with Crippen molar-refractivity contribution in [2.24, 2.45) is 0 Å². The predicted octanol–water partition coefficient (Wildman–Crippen LogP) is 8.39. The third-order valence-corrected chi connectivity index (χ3v) is 5.18. The lowest BCUT2D eigenvalue weighted by Crippen LogP contribution is -2.03. The van der Waals surface area contributed by atoms with Crippen LogP contribution in [0.1, 0.15) is 23.5 Å². The number of rotatable bonds is 8. The smallest absolute Gasteiger partial charge is 0.139 e. The Labute approximate surface area is 183 Å². The molecule has 0 aromatic heterocycles. The molecule has 0 aliphatic heterocycles. The Bertz CT molecular complexity index is 958. The molecule has 0 saturated carbocycles. The fourth-order valence-electron chi connectivity index (χ4n) is 3.04. The maximum atomic E-state index is 15.0. The second kappa shape index (κ2) is 10.6. The summed E-state index contributed by atoms with van der Waals surface area (Å²) in [5, 5.41) is 1.12. The number of alkyl halides is 1. The van der Waals surface area contributed by atoms with Gasteiger partial charge in [-0.2, -0.15) is 0 Å². The highest BCUT2D eigenvalue weighted by Crippen LogP contribution is 2.34. The van der Waals surface area contributed by atoms with Crippen LogP contribution in [0, 0.1) is 0 Å². The highest BCUT2D eigenvalue weighted by molar-refractivity contribution is 9.09. The molecule has 1 atom stereocenters. The van der Waals surface area contributed by atoms with E-state index in [1.807, 2.05) is 30.3 Å². The number of ether oxygens (including phenoxy) is 1. The zero-order chi connectivity index (χ0) is 20.6. The van der Waals surface area contributed by atoms with Crippen molar-refractivity contribution in [1.29, 1.82) is 0 Å². The van der Waals surface area contributed by atoms with Crippen LogP contribution in [0.15, 0.2) is 90.5 Å². The molecule has 0 radical (unpaired) electrons. The predicted molar refractivity (Wildman–Crippen MR) is 119 cm³/mol. The first kappa shape index (κ1) is 21.5. The molecule has 0 fully saturated rings. The van der Waals surface area contributed by atoms with Crippen molar-refractivity contribution in [2.75, 3.05) is 5.33 Å². The molecule has 0 saturated heterocycles. The normalized spacial score (nSPS) is 13.0. The van der Waals surface area contributed by atoms with Gasteiger partial charge in [-0.1, -0.05) is 70.0 Å². The molecular weight excluding hydrogens is 458 g/mol. The molecule has 0 aliphatic rings. The molecule has 0 bridgehead atoms. The molecule has 0 spiro atoms. The van der Waals surface area contributed by atoms with Gasteiger partial charge in [0.05, 0.1) is 0 Å². The highest BCUT2D eigenvalue weighted by atomic mass is 79.9. The Morgan fingerprint density at radius 2 is 1.59 bits per heavy atom. The number of benzene rings is 3. The van der Waals surface area contributed by atoms with Gasteiger partial charge in [0.25, 0.3) is 0 Å². The summed E-state index contributed by atoms with van der Waals surface area (Å²) in [4.78, 5) is 0. The second-order valence-electron chi connectivity index (χ2n) is 6.57. The lowest BCUT2D eigenvalue weighted by molar-refractivity contribution is 0.465. The number of halogens is 4. The van der Waals surface area contributed by atoms with Gasteiger partial charge in [-0.05, 0) is 53.9 Å². The van der Waals surface area contributed by atoms with E-state index in [2.05, 4.69) is 15.9 Å². The molecule has 1 unspecified atom stereocenters. The molecule has 1 nitrogen and oxygen atoms in total. The van der Waals surface area contributed by atoms with Gasteiger partial charge in [0.1, 0.15) is 23.2 Å². The Morgan fingerprint density at radius 1 is 0.897 bits per heavy atom. The SMILES string of the molecule is FC(Cc1cccc(Oc2ccccc2)c1)=C(F)C(CCBr)c1ccc(Cl)cc1. The third-order valence-electron chi connectivity index (χ3n) is 4.47. The summed E-state index contributed by atoms with van der Waals surface area (Å²) in [6, 6.07) is 23.2. The summed E-state index contributed by atoms with van der Waals surface area (Å²) in [5.41, 5.74) is 1.34. The van der Waals surface area contributed by atoms with Crippen LogP contribution in [0.3, 0.4) is 0 Å². The van der Waals surface area contributed by atoms with Crippen LogP contribution in [0.5, 0.6) is 11.5 Å². The number of para-hydroxylation sites is 1. The average Bonchev–Trinajstić information content (AvgIpc) is 2.73. The van der Waals surface area contributed by atoms with Gasteiger partial charge < -0.3 is 4.74 Å². The molecule has 0 aliphatic carbocycles. The zero-order valence-electron chi connectivity index (χ0n) is 15.6. The molecule has 3 aromatic rings. The van der Waals surface area contributed by atoms with Gasteiger partial charge >= 0.3 is 0 Å². The standard InChI is InChI=1S/C24H20BrClF2O/c25-14-13-22(18-9-11-19(26)12-10-18)24(28)23(27)16-17-5-4-8-21(15-17)29-20-6-2-1-3-7-20/h1-12,15,22H,13-14,16H2. The van der Waals surface area contributed by atoms with Crippen LogP contribution in [0.2, 0.25) is 5.02 Å². The minimum absolute atomic E-state index is 0.135. The van der Waals surface area contributed by atoms with Crippen LogP contribution in [0.4, 0.5) is 8.78 Å². The first-order chi connectivity index (χ1) is 14.1. The molecule has 150 valence electrons. The summed E-state index contributed by atoms with van der Waals surface area (Å²) in [5.74, 6) is -0.914. The first-order valence-electron chi connectivity index (χ1n) is 9.24. The summed E-state index contributed by atoms with van der Waals surface area (Å²) in [6.45, 7) is 0. The minimum Gasteiger partial charge on any atom is -0.457 e. The molecule has 0 heterocycles. The molecular formula is C24H20BrClF2O. The Hall–Kier alpha value is -2.17. The molecule has 3 rings (SSSR count). The van der Waals surface area contributed by atoms with Gasteiger partial charge in [0.2, 0.25) is 0 Å². The van der Waals surface area contributed by atoms with Gasteiger partial charge in [0.15, 0.2) is 0 Å². The largest absolute Gasteiger partial charge is 0.457 e. The zero-order valence-corrected chi connectivity index (χ0v) is 18.0. The van der Waals surface area contributed by atoms with Crippen molar-refractivity contribution in [2.45, 2.75) is 18.8 Å². The Kier molecular flexibility index (Phi) is 7.84. The molecule has 5 heteroatoms. The molecule has 0 N–H and O–H groups in total. The maximum Gasteiger partial charge on any atom is 0.139 e. The van der Waals surface area contributed by atoms with E-state index in [9.17, 15) is 8.78 Å². The van der Waals surface area contributed by atoms with Crippen LogP contribution < -0.4 is 4.74 Å². The van der Waals surface area contributed by atoms with Crippen molar-refractivity contribution in [3.63, 3.8) is 0 Å². The summed E-state index contributed by atoms with van der Waals surface area (Å²) in [6.07, 6.45) is 0.308. The molecule has 29 heavy (non-hydrogen) atoms. The van der Waals surface area contributed by atoms with E-state index in [4.69, 9.17) is 16.3 Å². The third kappa shape index (κ3) is 6.15. The summed E-state index contributed by atoms with van der Waals surface area (Å²) >= 11 is 9.25. The van der Waals surface area contributed by atoms with E-state index < -0.39 is 17.6 Å². The van der Waals surface area contributed by atoms with Gasteiger partial charge in [-0.3, -0.25) is 0 Å². The summed E-state index contributed by atoms with van der Waals surface area (Å²) < 4.78 is 35.6. The van der Waals surface area contributed by atoms with E-state index >= 15 is 0 Å². The lowest BCUT2D eigenvalue weighted by atomic mass is 9.93. The van der Waals surface area contributed by atoms with Gasteiger partial charge in [0, 0.05) is 22.7 Å². The van der Waals surface area contributed by atoms with E-state index in [1.54, 1.807) is 48.5 Å². The number of allylic oxidation sites excluding steroid dienone is 2. The topological polar surface area (TPSA) is 9.23 Å². The lowest BCUT2D eigenvalue weighted by Gasteiger charge is -2.16. The van der Waals surface area contributed by atoms with Gasteiger partial charge in [-0.15, -0.1) is 0 Å². The van der Waals surface area contributed by atoms with Gasteiger partial charge in [-0.25, -0.2) is 8.78 Å². The second-order valence-corrected chi connectivity index (χ2v) is 7.80. The summed E-state index contributed by atoms with van der Waals surface area (Å²) in [7, 11) is 0. The monoisotopic (exact) mass is 476 g/mol. The van der Waals surface area contributed by atoms with E-state index in [0.717, 1.165) is 0 Å². The van der Waals surface area contributed by atoms with Crippen LogP contribution in [-0.2, 0) is 6.42 Å². The van der Waals surface area contributed by atoms with E-state index in [1.165, 1.54) is 0 Å². The fourth-order valence-corrected chi connectivity index (χ4v) is 3.62. The Morgan fingerprint density at radius 3 is 2.28 bits per heavy atom.